The Kier molecular flexibility index (Phi) is 4.21. The molecule has 3 aromatic heterocycles. The van der Waals surface area contributed by atoms with Crippen LogP contribution in [-0.2, 0) is 22.8 Å². The van der Waals surface area contributed by atoms with E-state index >= 15 is 0 Å². The Morgan fingerprint density at radius 3 is 2.77 bits per heavy atom. The summed E-state index contributed by atoms with van der Waals surface area (Å²) < 4.78 is 15.4. The SMILES string of the molecule is C=C1OB(c2cccc(Cc3nnc4ccc(-c5cnn(C)c5)nn34)c2)OC1(C)C. The average Bonchev–Trinajstić information content (AvgIpc) is 3.40. The number of nitrogens with zero attached hydrogens (tertiary/aromatic N) is 6. The molecule has 0 atom stereocenters. The zero-order chi connectivity index (χ0) is 20.9. The first-order chi connectivity index (χ1) is 14.4. The first-order valence-corrected chi connectivity index (χ1v) is 9.72. The molecule has 0 saturated carbocycles. The van der Waals surface area contributed by atoms with E-state index in [1.165, 1.54) is 0 Å². The highest BCUT2D eigenvalue weighted by molar-refractivity contribution is 6.62. The summed E-state index contributed by atoms with van der Waals surface area (Å²) in [4.78, 5) is 0. The van der Waals surface area contributed by atoms with Crippen LogP contribution in [-0.4, -0.2) is 42.3 Å². The predicted octanol–water partition coefficient (Wildman–Crippen LogP) is 2.15. The highest BCUT2D eigenvalue weighted by atomic mass is 16.7. The molecule has 4 aromatic rings. The van der Waals surface area contributed by atoms with Crippen LogP contribution < -0.4 is 5.46 Å². The van der Waals surface area contributed by atoms with Gasteiger partial charge in [-0.1, -0.05) is 30.8 Å². The van der Waals surface area contributed by atoms with Crippen LogP contribution in [0.15, 0.2) is 61.1 Å². The number of hydrogen-bond acceptors (Lipinski definition) is 6. The summed E-state index contributed by atoms with van der Waals surface area (Å²) in [6.45, 7) is 7.85. The van der Waals surface area contributed by atoms with Gasteiger partial charge in [-0.3, -0.25) is 4.68 Å². The lowest BCUT2D eigenvalue weighted by atomic mass is 9.78. The van der Waals surface area contributed by atoms with Crippen LogP contribution in [0.2, 0.25) is 0 Å². The molecule has 1 aromatic carbocycles. The molecule has 1 saturated heterocycles. The maximum atomic E-state index is 6.00. The van der Waals surface area contributed by atoms with Crippen LogP contribution in [0.3, 0.4) is 0 Å². The van der Waals surface area contributed by atoms with E-state index in [2.05, 4.69) is 27.9 Å². The molecule has 0 amide bonds. The molecule has 1 aliphatic heterocycles. The van der Waals surface area contributed by atoms with Gasteiger partial charge >= 0.3 is 7.12 Å². The van der Waals surface area contributed by atoms with E-state index in [1.54, 1.807) is 15.4 Å². The van der Waals surface area contributed by atoms with Crippen molar-refractivity contribution in [3.05, 3.63) is 72.5 Å². The van der Waals surface area contributed by atoms with E-state index < -0.39 is 12.7 Å². The molecular weight excluding hydrogens is 379 g/mol. The van der Waals surface area contributed by atoms with Gasteiger partial charge in [-0.2, -0.15) is 14.7 Å². The summed E-state index contributed by atoms with van der Waals surface area (Å²) >= 11 is 0. The number of hydrogen-bond donors (Lipinski definition) is 0. The van der Waals surface area contributed by atoms with Gasteiger partial charge in [0.1, 0.15) is 5.60 Å². The molecule has 1 fully saturated rings. The Morgan fingerprint density at radius 1 is 1.17 bits per heavy atom. The Morgan fingerprint density at radius 2 is 2.03 bits per heavy atom. The van der Waals surface area contributed by atoms with Crippen LogP contribution >= 0.6 is 0 Å². The van der Waals surface area contributed by atoms with Crippen LogP contribution in [0.1, 0.15) is 25.2 Å². The van der Waals surface area contributed by atoms with Gasteiger partial charge in [0.25, 0.3) is 0 Å². The Hall–Kier alpha value is -3.46. The maximum absolute atomic E-state index is 6.00. The lowest BCUT2D eigenvalue weighted by Crippen LogP contribution is -2.34. The quantitative estimate of drug-likeness (QED) is 0.489. The van der Waals surface area contributed by atoms with E-state index in [-0.39, 0.29) is 0 Å². The number of aromatic nitrogens is 6. The van der Waals surface area contributed by atoms with E-state index in [1.807, 2.05) is 57.4 Å². The minimum Gasteiger partial charge on any atom is -0.534 e. The molecule has 0 aliphatic carbocycles. The van der Waals surface area contributed by atoms with Crippen molar-refractivity contribution in [2.75, 3.05) is 0 Å². The Bertz CT molecular complexity index is 1260. The van der Waals surface area contributed by atoms with E-state index in [9.17, 15) is 0 Å². The molecule has 5 rings (SSSR count). The lowest BCUT2D eigenvalue weighted by Gasteiger charge is -2.15. The summed E-state index contributed by atoms with van der Waals surface area (Å²) in [5, 5.41) is 17.5. The molecule has 9 heteroatoms. The average molecular weight is 400 g/mol. The number of rotatable bonds is 4. The summed E-state index contributed by atoms with van der Waals surface area (Å²) in [5.74, 6) is 1.39. The van der Waals surface area contributed by atoms with Crippen molar-refractivity contribution in [3.63, 3.8) is 0 Å². The second kappa shape index (κ2) is 6.81. The third-order valence-corrected chi connectivity index (χ3v) is 5.24. The molecule has 0 N–H and O–H groups in total. The smallest absolute Gasteiger partial charge is 0.534 e. The molecular formula is C21H21BN6O2. The topological polar surface area (TPSA) is 79.4 Å². The van der Waals surface area contributed by atoms with Gasteiger partial charge in [0.15, 0.2) is 11.5 Å². The fourth-order valence-electron chi connectivity index (χ4n) is 3.45. The van der Waals surface area contributed by atoms with Crippen molar-refractivity contribution in [3.8, 4) is 11.3 Å². The highest BCUT2D eigenvalue weighted by Crippen LogP contribution is 2.29. The maximum Gasteiger partial charge on any atom is 0.563 e. The normalized spacial score (nSPS) is 15.7. The van der Waals surface area contributed by atoms with Crippen LogP contribution in [0.4, 0.5) is 0 Å². The van der Waals surface area contributed by atoms with Crippen molar-refractivity contribution < 1.29 is 9.31 Å². The van der Waals surface area contributed by atoms with Gasteiger partial charge in [0.05, 0.1) is 17.6 Å². The monoisotopic (exact) mass is 400 g/mol. The van der Waals surface area contributed by atoms with Gasteiger partial charge in [-0.25, -0.2) is 0 Å². The van der Waals surface area contributed by atoms with E-state index in [4.69, 9.17) is 14.4 Å². The van der Waals surface area contributed by atoms with Gasteiger partial charge in [-0.15, -0.1) is 10.2 Å². The minimum absolute atomic E-state index is 0.460. The fraction of sp³-hybridized carbons (Fsp3) is 0.238. The molecule has 0 bridgehead atoms. The van der Waals surface area contributed by atoms with Crippen molar-refractivity contribution in [1.29, 1.82) is 0 Å². The zero-order valence-electron chi connectivity index (χ0n) is 17.1. The minimum atomic E-state index is -0.503. The molecule has 8 nitrogen and oxygen atoms in total. The number of aryl methyl sites for hydroxylation is 1. The van der Waals surface area contributed by atoms with Crippen LogP contribution in [0.25, 0.3) is 16.9 Å². The van der Waals surface area contributed by atoms with E-state index in [0.717, 1.165) is 28.1 Å². The second-order valence-corrected chi connectivity index (χ2v) is 7.93. The molecule has 0 unspecified atom stereocenters. The van der Waals surface area contributed by atoms with Gasteiger partial charge in [0, 0.05) is 25.2 Å². The van der Waals surface area contributed by atoms with Crippen molar-refractivity contribution in [1.82, 2.24) is 29.6 Å². The fourth-order valence-corrected chi connectivity index (χ4v) is 3.45. The summed E-state index contributed by atoms with van der Waals surface area (Å²) in [6, 6.07) is 11.9. The van der Waals surface area contributed by atoms with E-state index in [0.29, 0.717) is 17.8 Å². The van der Waals surface area contributed by atoms with Gasteiger partial charge in [-0.05, 0) is 37.0 Å². The second-order valence-electron chi connectivity index (χ2n) is 7.93. The van der Waals surface area contributed by atoms with Crippen molar-refractivity contribution in [2.24, 2.45) is 7.05 Å². The van der Waals surface area contributed by atoms with Crippen molar-refractivity contribution in [2.45, 2.75) is 25.9 Å². The Labute approximate surface area is 174 Å². The first-order valence-electron chi connectivity index (χ1n) is 9.72. The van der Waals surface area contributed by atoms with Gasteiger partial charge < -0.3 is 9.31 Å². The summed E-state index contributed by atoms with van der Waals surface area (Å²) in [5.41, 5.74) is 3.97. The lowest BCUT2D eigenvalue weighted by molar-refractivity contribution is 0.173. The standard InChI is InChI=1S/C21H21BN6O2/c1-14-21(2,3)30-22(29-14)17-7-5-6-15(10-17)11-20-25-24-19-9-8-18(26-28(19)20)16-12-23-27(4)13-16/h5-10,12-13H,1,11H2,2-4H3. The Balaban J connectivity index is 1.44. The number of fused-ring (bicyclic) bond motifs is 1. The third kappa shape index (κ3) is 3.27. The summed E-state index contributed by atoms with van der Waals surface area (Å²) in [6.07, 6.45) is 4.30. The summed E-state index contributed by atoms with van der Waals surface area (Å²) in [7, 11) is 1.42. The molecule has 1 aliphatic rings. The van der Waals surface area contributed by atoms with Crippen LogP contribution in [0.5, 0.6) is 0 Å². The van der Waals surface area contributed by atoms with Crippen LogP contribution in [0, 0.1) is 0 Å². The predicted molar refractivity (Wildman–Crippen MR) is 113 cm³/mol. The first kappa shape index (κ1) is 18.6. The largest absolute Gasteiger partial charge is 0.563 e. The number of benzene rings is 1. The molecule has 150 valence electrons. The molecule has 0 spiro atoms. The van der Waals surface area contributed by atoms with Gasteiger partial charge in [0.2, 0.25) is 0 Å². The van der Waals surface area contributed by atoms with Crippen molar-refractivity contribution >= 4 is 18.2 Å². The molecule has 30 heavy (non-hydrogen) atoms. The third-order valence-electron chi connectivity index (χ3n) is 5.24. The highest BCUT2D eigenvalue weighted by Gasteiger charge is 2.42. The molecule has 0 radical (unpaired) electrons. The zero-order valence-corrected chi connectivity index (χ0v) is 17.1. The molecule has 4 heterocycles.